The molecule has 3 fully saturated rings. The maximum Gasteiger partial charge on any atom is 0.192 e. The fraction of sp³-hybridized carbons (Fsp3) is 0.714. The highest BCUT2D eigenvalue weighted by atomic mass is 19.1. The molecule has 0 aromatic carbocycles. The zero-order valence-corrected chi connectivity index (χ0v) is 16.1. The largest absolute Gasteiger partial charge is 0.390 e. The van der Waals surface area contributed by atoms with Gasteiger partial charge in [-0.15, -0.1) is 0 Å². The van der Waals surface area contributed by atoms with Crippen LogP contribution in [0.2, 0.25) is 0 Å². The number of carbonyl (C=O) groups is 2. The first-order valence-electron chi connectivity index (χ1n) is 9.82. The van der Waals surface area contributed by atoms with E-state index in [4.69, 9.17) is 0 Å². The number of ketones is 2. The van der Waals surface area contributed by atoms with E-state index in [1.54, 1.807) is 13.8 Å². The molecule has 0 amide bonds. The van der Waals surface area contributed by atoms with Crippen LogP contribution in [0.15, 0.2) is 23.8 Å². The van der Waals surface area contributed by atoms with Crippen LogP contribution in [-0.4, -0.2) is 62.1 Å². The summed E-state index contributed by atoms with van der Waals surface area (Å²) in [6.45, 7) is 2.33. The van der Waals surface area contributed by atoms with Crippen molar-refractivity contribution in [2.24, 2.45) is 22.7 Å². The number of halogens is 1. The lowest BCUT2D eigenvalue weighted by Gasteiger charge is -2.62. The van der Waals surface area contributed by atoms with Crippen molar-refractivity contribution in [1.82, 2.24) is 0 Å². The van der Waals surface area contributed by atoms with Gasteiger partial charge in [0.25, 0.3) is 0 Å². The normalized spacial score (nSPS) is 52.5. The fourth-order valence-electron chi connectivity index (χ4n) is 6.85. The number of allylic oxidation sites excluding steroid dienone is 4. The first-order valence-corrected chi connectivity index (χ1v) is 9.82. The van der Waals surface area contributed by atoms with Gasteiger partial charge in [0.1, 0.15) is 6.61 Å². The van der Waals surface area contributed by atoms with E-state index in [9.17, 15) is 30.0 Å². The molecule has 0 aromatic rings. The minimum Gasteiger partial charge on any atom is -0.390 e. The van der Waals surface area contributed by atoms with Gasteiger partial charge in [0.2, 0.25) is 0 Å². The van der Waals surface area contributed by atoms with Crippen LogP contribution in [0.1, 0.15) is 39.5 Å². The van der Waals surface area contributed by atoms with E-state index in [1.165, 1.54) is 18.2 Å². The third-order valence-electron chi connectivity index (χ3n) is 8.43. The van der Waals surface area contributed by atoms with Crippen LogP contribution in [0, 0.1) is 22.7 Å². The summed E-state index contributed by atoms with van der Waals surface area (Å²) in [6.07, 6.45) is 1.93. The topological polar surface area (TPSA) is 115 Å². The van der Waals surface area contributed by atoms with Gasteiger partial charge in [-0.2, -0.15) is 0 Å². The summed E-state index contributed by atoms with van der Waals surface area (Å²) in [4.78, 5) is 24.2. The molecule has 7 heteroatoms. The van der Waals surface area contributed by atoms with E-state index in [2.05, 4.69) is 0 Å². The van der Waals surface area contributed by atoms with Gasteiger partial charge in [-0.3, -0.25) is 9.59 Å². The molecule has 3 saturated carbocycles. The second-order valence-corrected chi connectivity index (χ2v) is 9.36. The smallest absolute Gasteiger partial charge is 0.192 e. The highest BCUT2D eigenvalue weighted by Gasteiger charge is 2.76. The molecule has 0 radical (unpaired) electrons. The van der Waals surface area contributed by atoms with Gasteiger partial charge in [0.05, 0.1) is 12.2 Å². The van der Waals surface area contributed by atoms with Crippen molar-refractivity contribution in [3.8, 4) is 0 Å². The molecule has 4 aliphatic carbocycles. The standard InChI is InChI=1S/C21H27FO6/c1-18-6-5-12(24)7-11(18)3-4-13-14-8-15(25)21(28,17(27)10-23)19(14,2)9-16(26)20(13,18)22/h5-7,13-16,23,25-26,28H,3-4,8-10H2,1-2H3/t13-,14?,15?,16?,18?,19?,20?,21?/m0/s1. The first kappa shape index (κ1) is 19.9. The van der Waals surface area contributed by atoms with Gasteiger partial charge in [-0.1, -0.05) is 18.6 Å². The minimum absolute atomic E-state index is 0.0135. The van der Waals surface area contributed by atoms with E-state index < -0.39 is 58.5 Å². The van der Waals surface area contributed by atoms with Crippen LogP contribution in [0.5, 0.6) is 0 Å². The van der Waals surface area contributed by atoms with E-state index in [0.717, 1.165) is 0 Å². The van der Waals surface area contributed by atoms with Crippen LogP contribution < -0.4 is 0 Å². The lowest BCUT2D eigenvalue weighted by atomic mass is 9.44. The number of carbonyl (C=O) groups excluding carboxylic acids is 2. The van der Waals surface area contributed by atoms with E-state index >= 15 is 4.39 Å². The molecule has 7 unspecified atom stereocenters. The molecule has 0 saturated heterocycles. The van der Waals surface area contributed by atoms with Gasteiger partial charge in [-0.25, -0.2) is 4.39 Å². The Balaban J connectivity index is 1.84. The molecule has 0 bridgehead atoms. The van der Waals surface area contributed by atoms with Crippen molar-refractivity contribution in [2.75, 3.05) is 6.61 Å². The lowest BCUT2D eigenvalue weighted by Crippen LogP contribution is -2.69. The van der Waals surface area contributed by atoms with Crippen LogP contribution >= 0.6 is 0 Å². The Morgan fingerprint density at radius 3 is 2.57 bits per heavy atom. The number of Topliss-reactive ketones (excluding diaryl/α,β-unsaturated/α-hetero) is 1. The third kappa shape index (κ3) is 2.01. The predicted molar refractivity (Wildman–Crippen MR) is 96.8 cm³/mol. The fourth-order valence-corrected chi connectivity index (χ4v) is 6.85. The van der Waals surface area contributed by atoms with E-state index in [-0.39, 0.29) is 18.6 Å². The summed E-state index contributed by atoms with van der Waals surface area (Å²) >= 11 is 0. The summed E-state index contributed by atoms with van der Waals surface area (Å²) in [7, 11) is 0. The van der Waals surface area contributed by atoms with E-state index in [1.807, 2.05) is 0 Å². The predicted octanol–water partition coefficient (Wildman–Crippen LogP) is 0.620. The molecule has 8 atom stereocenters. The van der Waals surface area contributed by atoms with Crippen molar-refractivity contribution < 1.29 is 34.4 Å². The molecule has 0 spiro atoms. The highest BCUT2D eigenvalue weighted by Crippen LogP contribution is 2.69. The molecule has 154 valence electrons. The Morgan fingerprint density at radius 1 is 1.25 bits per heavy atom. The maximum absolute atomic E-state index is 16.8. The molecule has 4 rings (SSSR count). The number of fused-ring (bicyclic) bond motifs is 5. The van der Waals surface area contributed by atoms with Gasteiger partial charge in [0, 0.05) is 16.7 Å². The molecular weight excluding hydrogens is 367 g/mol. The highest BCUT2D eigenvalue weighted by molar-refractivity contribution is 6.01. The number of alkyl halides is 1. The first-order chi connectivity index (χ1) is 13.0. The summed E-state index contributed by atoms with van der Waals surface area (Å²) in [6, 6.07) is 0. The van der Waals surface area contributed by atoms with Crippen LogP contribution in [0.3, 0.4) is 0 Å². The zero-order chi connectivity index (χ0) is 20.7. The van der Waals surface area contributed by atoms with Gasteiger partial charge < -0.3 is 20.4 Å². The van der Waals surface area contributed by atoms with Crippen molar-refractivity contribution in [2.45, 2.75) is 63.0 Å². The molecule has 0 aliphatic heterocycles. The molecule has 28 heavy (non-hydrogen) atoms. The Hall–Kier alpha value is -1.41. The number of aliphatic hydroxyl groups is 4. The van der Waals surface area contributed by atoms with Crippen molar-refractivity contribution in [3.63, 3.8) is 0 Å². The monoisotopic (exact) mass is 394 g/mol. The van der Waals surface area contributed by atoms with Gasteiger partial charge in [0.15, 0.2) is 22.8 Å². The summed E-state index contributed by atoms with van der Waals surface area (Å²) in [5.74, 6) is -2.38. The SMILES string of the molecule is CC12C=CC(=O)C=C1CC[C@H]1C3CC(O)C(O)(C(=O)CO)C3(C)CC(O)C12F. The van der Waals surface area contributed by atoms with Gasteiger partial charge in [-0.05, 0) is 50.7 Å². The minimum atomic E-state index is -2.23. The average Bonchev–Trinajstić information content (AvgIpc) is 2.84. The van der Waals surface area contributed by atoms with Crippen molar-refractivity contribution in [3.05, 3.63) is 23.8 Å². The summed E-state index contributed by atoms with van der Waals surface area (Å²) < 4.78 is 16.8. The number of aliphatic hydroxyl groups excluding tert-OH is 3. The van der Waals surface area contributed by atoms with E-state index in [0.29, 0.717) is 18.4 Å². The average molecular weight is 394 g/mol. The maximum atomic E-state index is 16.8. The molecule has 4 aliphatic rings. The quantitative estimate of drug-likeness (QED) is 0.546. The lowest BCUT2D eigenvalue weighted by molar-refractivity contribution is -0.222. The Morgan fingerprint density at radius 2 is 1.93 bits per heavy atom. The molecular formula is C21H27FO6. The number of hydrogen-bond acceptors (Lipinski definition) is 6. The summed E-state index contributed by atoms with van der Waals surface area (Å²) in [5, 5.41) is 42.1. The van der Waals surface area contributed by atoms with Gasteiger partial charge >= 0.3 is 0 Å². The molecule has 0 aromatic heterocycles. The Bertz CT molecular complexity index is 807. The number of hydrogen-bond donors (Lipinski definition) is 4. The second-order valence-electron chi connectivity index (χ2n) is 9.36. The zero-order valence-electron chi connectivity index (χ0n) is 16.1. The third-order valence-corrected chi connectivity index (χ3v) is 8.43. The Kier molecular flexibility index (Phi) is 4.13. The second kappa shape index (κ2) is 5.81. The van der Waals surface area contributed by atoms with Crippen LogP contribution in [0.4, 0.5) is 4.39 Å². The van der Waals surface area contributed by atoms with Crippen LogP contribution in [-0.2, 0) is 9.59 Å². The molecule has 0 heterocycles. The van der Waals surface area contributed by atoms with Crippen LogP contribution in [0.25, 0.3) is 0 Å². The van der Waals surface area contributed by atoms with Crippen molar-refractivity contribution >= 4 is 11.6 Å². The molecule has 4 N–H and O–H groups in total. The molecule has 6 nitrogen and oxygen atoms in total. The number of rotatable bonds is 2. The summed E-state index contributed by atoms with van der Waals surface area (Å²) in [5.41, 5.74) is -6.12. The van der Waals surface area contributed by atoms with Crippen molar-refractivity contribution in [1.29, 1.82) is 0 Å². The Labute approximate surface area is 162 Å².